The lowest BCUT2D eigenvalue weighted by atomic mass is 10.1. The van der Waals surface area contributed by atoms with E-state index in [1.165, 1.54) is 0 Å². The number of halogens is 1. The van der Waals surface area contributed by atoms with Crippen LogP contribution in [0.3, 0.4) is 0 Å². The van der Waals surface area contributed by atoms with Gasteiger partial charge in [-0.2, -0.15) is 0 Å². The van der Waals surface area contributed by atoms with Crippen LogP contribution in [0.2, 0.25) is 0 Å². The molecule has 0 saturated carbocycles. The number of carbonyl (C=O) groups is 2. The standard InChI is InChI=1S/C22H26BrN3O4S/c1-22(2,3)26-20(28)14-5-8-16(9-6-14)24-21(31)25-19(27)15-7-10-18(17(23)13-15)30-12-11-29-4/h5-10,13H,11-12H2,1-4H3,(H,26,28)(H2,24,25,27,31). The van der Waals surface area contributed by atoms with Gasteiger partial charge in [-0.3, -0.25) is 14.9 Å². The first-order valence-electron chi connectivity index (χ1n) is 9.55. The number of anilines is 1. The van der Waals surface area contributed by atoms with Crippen LogP contribution >= 0.6 is 28.1 Å². The highest BCUT2D eigenvalue weighted by molar-refractivity contribution is 9.10. The lowest BCUT2D eigenvalue weighted by Crippen LogP contribution is -2.40. The molecule has 9 heteroatoms. The molecule has 3 N–H and O–H groups in total. The van der Waals surface area contributed by atoms with Gasteiger partial charge in [0.2, 0.25) is 0 Å². The minimum Gasteiger partial charge on any atom is -0.490 e. The van der Waals surface area contributed by atoms with Crippen molar-refractivity contribution in [3.8, 4) is 5.75 Å². The number of thiocarbonyl (C=S) groups is 1. The fourth-order valence-corrected chi connectivity index (χ4v) is 3.15. The Balaban J connectivity index is 1.92. The first kappa shape index (κ1) is 24.8. The van der Waals surface area contributed by atoms with E-state index in [1.807, 2.05) is 20.8 Å². The summed E-state index contributed by atoms with van der Waals surface area (Å²) in [5.74, 6) is 0.0999. The van der Waals surface area contributed by atoms with Crippen molar-refractivity contribution in [3.63, 3.8) is 0 Å². The second-order valence-electron chi connectivity index (χ2n) is 7.68. The fraction of sp³-hybridized carbons (Fsp3) is 0.318. The smallest absolute Gasteiger partial charge is 0.257 e. The van der Waals surface area contributed by atoms with Crippen molar-refractivity contribution in [1.82, 2.24) is 10.6 Å². The molecule has 0 unspecified atom stereocenters. The molecular weight excluding hydrogens is 482 g/mol. The number of methoxy groups -OCH3 is 1. The van der Waals surface area contributed by atoms with Gasteiger partial charge in [-0.1, -0.05) is 0 Å². The molecule has 0 atom stereocenters. The minimum atomic E-state index is -0.359. The molecule has 166 valence electrons. The first-order valence-corrected chi connectivity index (χ1v) is 10.8. The number of benzene rings is 2. The van der Waals surface area contributed by atoms with Crippen molar-refractivity contribution in [2.45, 2.75) is 26.3 Å². The predicted molar refractivity (Wildman–Crippen MR) is 129 cm³/mol. The van der Waals surface area contributed by atoms with Gasteiger partial charge < -0.3 is 20.1 Å². The van der Waals surface area contributed by atoms with Gasteiger partial charge in [0.05, 0.1) is 11.1 Å². The van der Waals surface area contributed by atoms with E-state index in [2.05, 4.69) is 31.9 Å². The average Bonchev–Trinajstić information content (AvgIpc) is 2.68. The summed E-state index contributed by atoms with van der Waals surface area (Å²) in [6.07, 6.45) is 0. The van der Waals surface area contributed by atoms with Crippen LogP contribution in [0, 0.1) is 0 Å². The highest BCUT2D eigenvalue weighted by Gasteiger charge is 2.15. The first-order chi connectivity index (χ1) is 14.6. The van der Waals surface area contributed by atoms with E-state index in [1.54, 1.807) is 49.6 Å². The summed E-state index contributed by atoms with van der Waals surface area (Å²) in [5, 5.41) is 8.62. The summed E-state index contributed by atoms with van der Waals surface area (Å²) < 4.78 is 11.2. The molecular formula is C22H26BrN3O4S. The summed E-state index contributed by atoms with van der Waals surface area (Å²) in [7, 11) is 1.60. The van der Waals surface area contributed by atoms with E-state index in [-0.39, 0.29) is 22.5 Å². The van der Waals surface area contributed by atoms with E-state index >= 15 is 0 Å². The Bertz CT molecular complexity index is 943. The Hall–Kier alpha value is -2.49. The van der Waals surface area contributed by atoms with Crippen molar-refractivity contribution < 1.29 is 19.1 Å². The van der Waals surface area contributed by atoms with Gasteiger partial charge in [-0.25, -0.2) is 0 Å². The zero-order valence-electron chi connectivity index (χ0n) is 17.9. The van der Waals surface area contributed by atoms with Crippen LogP contribution in [0.25, 0.3) is 0 Å². The molecule has 2 aromatic rings. The third kappa shape index (κ3) is 8.28. The Labute approximate surface area is 196 Å². The molecule has 0 fully saturated rings. The van der Waals surface area contributed by atoms with Crippen LogP contribution in [0.4, 0.5) is 5.69 Å². The summed E-state index contributed by atoms with van der Waals surface area (Å²) in [4.78, 5) is 24.7. The highest BCUT2D eigenvalue weighted by atomic mass is 79.9. The molecule has 7 nitrogen and oxygen atoms in total. The number of amides is 2. The molecule has 0 aliphatic rings. The molecule has 0 radical (unpaired) electrons. The molecule has 0 aliphatic carbocycles. The lowest BCUT2D eigenvalue weighted by Gasteiger charge is -2.20. The maximum atomic E-state index is 12.5. The number of rotatable bonds is 7. The molecule has 0 aliphatic heterocycles. The minimum absolute atomic E-state index is 0.147. The van der Waals surface area contributed by atoms with E-state index in [0.717, 1.165) is 0 Å². The Morgan fingerprint density at radius 3 is 2.23 bits per heavy atom. The average molecular weight is 508 g/mol. The van der Waals surface area contributed by atoms with Crippen molar-refractivity contribution >= 4 is 50.8 Å². The second kappa shape index (κ2) is 11.2. The van der Waals surface area contributed by atoms with Gasteiger partial charge in [0.15, 0.2) is 5.11 Å². The summed E-state index contributed by atoms with van der Waals surface area (Å²) in [6.45, 7) is 6.63. The largest absolute Gasteiger partial charge is 0.490 e. The second-order valence-corrected chi connectivity index (χ2v) is 8.94. The summed E-state index contributed by atoms with van der Waals surface area (Å²) in [6, 6.07) is 11.8. The Morgan fingerprint density at radius 1 is 1.00 bits per heavy atom. The molecule has 2 amide bonds. The van der Waals surface area contributed by atoms with Crippen molar-refractivity contribution in [2.24, 2.45) is 0 Å². The van der Waals surface area contributed by atoms with Crippen molar-refractivity contribution in [1.29, 1.82) is 0 Å². The number of hydrogen-bond acceptors (Lipinski definition) is 5. The van der Waals surface area contributed by atoms with Crippen LogP contribution < -0.4 is 20.7 Å². The molecule has 2 rings (SSSR count). The zero-order valence-corrected chi connectivity index (χ0v) is 20.3. The number of carbonyl (C=O) groups excluding carboxylic acids is 2. The van der Waals surface area contributed by atoms with Gasteiger partial charge in [-0.05, 0) is 91.4 Å². The molecule has 0 aromatic heterocycles. The van der Waals surface area contributed by atoms with Crippen LogP contribution in [-0.4, -0.2) is 42.8 Å². The summed E-state index contributed by atoms with van der Waals surface area (Å²) >= 11 is 8.62. The monoisotopic (exact) mass is 507 g/mol. The number of ether oxygens (including phenoxy) is 2. The molecule has 0 heterocycles. The number of hydrogen-bond donors (Lipinski definition) is 3. The third-order valence-corrected chi connectivity index (χ3v) is 4.68. The predicted octanol–water partition coefficient (Wildman–Crippen LogP) is 4.13. The van der Waals surface area contributed by atoms with E-state index in [4.69, 9.17) is 21.7 Å². The maximum absolute atomic E-state index is 12.5. The molecule has 0 spiro atoms. The highest BCUT2D eigenvalue weighted by Crippen LogP contribution is 2.26. The van der Waals surface area contributed by atoms with Gasteiger partial charge in [0.1, 0.15) is 12.4 Å². The maximum Gasteiger partial charge on any atom is 0.257 e. The van der Waals surface area contributed by atoms with Gasteiger partial charge in [0, 0.05) is 29.5 Å². The molecule has 0 bridgehead atoms. The van der Waals surface area contributed by atoms with Gasteiger partial charge in [0.25, 0.3) is 11.8 Å². The van der Waals surface area contributed by atoms with Crippen molar-refractivity contribution in [2.75, 3.05) is 25.6 Å². The fourth-order valence-electron chi connectivity index (χ4n) is 2.45. The van der Waals surface area contributed by atoms with E-state index < -0.39 is 0 Å². The Morgan fingerprint density at radius 2 is 1.65 bits per heavy atom. The molecule has 0 saturated heterocycles. The van der Waals surface area contributed by atoms with Crippen LogP contribution in [-0.2, 0) is 4.74 Å². The van der Waals surface area contributed by atoms with E-state index in [9.17, 15) is 9.59 Å². The van der Waals surface area contributed by atoms with Crippen molar-refractivity contribution in [3.05, 3.63) is 58.1 Å². The summed E-state index contributed by atoms with van der Waals surface area (Å²) in [5.41, 5.74) is 1.29. The van der Waals surface area contributed by atoms with Crippen LogP contribution in [0.5, 0.6) is 5.75 Å². The van der Waals surface area contributed by atoms with Crippen LogP contribution in [0.1, 0.15) is 41.5 Å². The quantitative estimate of drug-likeness (QED) is 0.385. The zero-order chi connectivity index (χ0) is 23.0. The van der Waals surface area contributed by atoms with Gasteiger partial charge >= 0.3 is 0 Å². The lowest BCUT2D eigenvalue weighted by molar-refractivity contribution is 0.0918. The molecule has 2 aromatic carbocycles. The number of nitrogens with one attached hydrogen (secondary N) is 3. The topological polar surface area (TPSA) is 88.7 Å². The molecule has 31 heavy (non-hydrogen) atoms. The van der Waals surface area contributed by atoms with Crippen LogP contribution in [0.15, 0.2) is 46.9 Å². The third-order valence-electron chi connectivity index (χ3n) is 3.86. The van der Waals surface area contributed by atoms with Gasteiger partial charge in [-0.15, -0.1) is 0 Å². The normalized spacial score (nSPS) is 10.9. The SMILES string of the molecule is COCCOc1ccc(C(=O)NC(=S)Nc2ccc(C(=O)NC(C)(C)C)cc2)cc1Br. The van der Waals surface area contributed by atoms with E-state index in [0.29, 0.717) is 40.3 Å². The Kier molecular flexibility index (Phi) is 8.97.